The van der Waals surface area contributed by atoms with Gasteiger partial charge < -0.3 is 11.2 Å². The molecule has 2 rings (SSSR count). The van der Waals surface area contributed by atoms with Crippen LogP contribution in [0.25, 0.3) is 0 Å². The molecular formula is C6H12N4. The van der Waals surface area contributed by atoms with Crippen molar-refractivity contribution in [3.63, 3.8) is 0 Å². The molecule has 1 saturated heterocycles. The Hall–Kier alpha value is -0.740. The zero-order valence-electron chi connectivity index (χ0n) is 5.80. The number of hydrogen-bond donors (Lipinski definition) is 3. The van der Waals surface area contributed by atoms with Crippen LogP contribution in [0.15, 0.2) is 11.9 Å². The van der Waals surface area contributed by atoms with Gasteiger partial charge in [-0.15, -0.1) is 0 Å². The predicted octanol–water partition coefficient (Wildman–Crippen LogP) is -1.07. The van der Waals surface area contributed by atoms with Crippen LogP contribution in [0.4, 0.5) is 0 Å². The third-order valence-corrected chi connectivity index (χ3v) is 1.94. The van der Waals surface area contributed by atoms with Crippen molar-refractivity contribution in [2.45, 2.75) is 12.6 Å². The smallest absolute Gasteiger partial charge is 0.120 e. The van der Waals surface area contributed by atoms with Crippen molar-refractivity contribution < 1.29 is 0 Å². The molecule has 0 aromatic rings. The normalized spacial score (nSPS) is 32.8. The Bertz CT molecular complexity index is 165. The Morgan fingerprint density at radius 2 is 2.60 bits per heavy atom. The fraction of sp³-hybridized carbons (Fsp3) is 0.667. The maximum absolute atomic E-state index is 5.68. The third kappa shape index (κ3) is 0.767. The van der Waals surface area contributed by atoms with Crippen molar-refractivity contribution in [1.29, 1.82) is 0 Å². The van der Waals surface area contributed by atoms with E-state index in [9.17, 15) is 0 Å². The Balaban J connectivity index is 2.08. The van der Waals surface area contributed by atoms with Crippen molar-refractivity contribution >= 4 is 0 Å². The van der Waals surface area contributed by atoms with E-state index >= 15 is 0 Å². The van der Waals surface area contributed by atoms with E-state index in [0.717, 1.165) is 18.8 Å². The highest BCUT2D eigenvalue weighted by molar-refractivity contribution is 5.10. The van der Waals surface area contributed by atoms with Gasteiger partial charge in [0, 0.05) is 12.7 Å². The molecular weight excluding hydrogens is 128 g/mol. The molecule has 4 nitrogen and oxygen atoms in total. The second kappa shape index (κ2) is 2.14. The summed E-state index contributed by atoms with van der Waals surface area (Å²) in [6.07, 6.45) is 3.28. The molecule has 0 saturated carbocycles. The monoisotopic (exact) mass is 140 g/mol. The molecule has 1 fully saturated rings. The van der Waals surface area contributed by atoms with Gasteiger partial charge in [0.25, 0.3) is 0 Å². The molecule has 2 heterocycles. The lowest BCUT2D eigenvalue weighted by Crippen LogP contribution is -2.53. The maximum atomic E-state index is 5.68. The standard InChI is InChI=1S/C6H12N4/c7-5-4-9-10-3-1-2-8-6(5)10/h4,6,8-9H,1-3,7H2. The van der Waals surface area contributed by atoms with Crippen LogP contribution in [0.1, 0.15) is 6.42 Å². The van der Waals surface area contributed by atoms with Crippen LogP contribution in [0.2, 0.25) is 0 Å². The second-order valence-corrected chi connectivity index (χ2v) is 2.68. The summed E-state index contributed by atoms with van der Waals surface area (Å²) in [6.45, 7) is 2.15. The first-order chi connectivity index (χ1) is 4.88. The Labute approximate surface area is 60.0 Å². The summed E-state index contributed by atoms with van der Waals surface area (Å²) < 4.78 is 0. The molecule has 0 aromatic heterocycles. The van der Waals surface area contributed by atoms with E-state index in [0.29, 0.717) is 0 Å². The minimum Gasteiger partial charge on any atom is -0.398 e. The molecule has 56 valence electrons. The number of nitrogens with zero attached hydrogens (tertiary/aromatic N) is 1. The van der Waals surface area contributed by atoms with E-state index in [1.165, 1.54) is 6.42 Å². The van der Waals surface area contributed by atoms with Crippen LogP contribution in [0.3, 0.4) is 0 Å². The van der Waals surface area contributed by atoms with Gasteiger partial charge in [-0.3, -0.25) is 5.32 Å². The zero-order valence-corrected chi connectivity index (χ0v) is 5.80. The Morgan fingerprint density at radius 1 is 1.70 bits per heavy atom. The molecule has 1 unspecified atom stereocenters. The number of hydrazine groups is 1. The van der Waals surface area contributed by atoms with E-state index in [1.54, 1.807) is 0 Å². The van der Waals surface area contributed by atoms with E-state index in [1.807, 2.05) is 6.20 Å². The van der Waals surface area contributed by atoms with Gasteiger partial charge in [-0.05, 0) is 13.0 Å². The lowest BCUT2D eigenvalue weighted by atomic mass is 10.3. The zero-order chi connectivity index (χ0) is 6.97. The van der Waals surface area contributed by atoms with E-state index in [4.69, 9.17) is 5.73 Å². The van der Waals surface area contributed by atoms with Gasteiger partial charge in [-0.1, -0.05) is 0 Å². The molecule has 0 radical (unpaired) electrons. The van der Waals surface area contributed by atoms with Crippen LogP contribution in [-0.2, 0) is 0 Å². The Kier molecular flexibility index (Phi) is 1.28. The number of nitrogens with two attached hydrogens (primary N) is 1. The number of rotatable bonds is 0. The SMILES string of the molecule is NC1=CNN2CCCNC12. The summed E-state index contributed by atoms with van der Waals surface area (Å²) in [4.78, 5) is 0. The third-order valence-electron chi connectivity index (χ3n) is 1.94. The summed E-state index contributed by atoms with van der Waals surface area (Å²) in [5.74, 6) is 0. The van der Waals surface area contributed by atoms with Crippen LogP contribution in [0, 0.1) is 0 Å². The molecule has 0 bridgehead atoms. The molecule has 0 amide bonds. The van der Waals surface area contributed by atoms with E-state index in [2.05, 4.69) is 15.8 Å². The fourth-order valence-corrected chi connectivity index (χ4v) is 1.40. The summed E-state index contributed by atoms with van der Waals surface area (Å²) >= 11 is 0. The number of fused-ring (bicyclic) bond motifs is 1. The summed E-state index contributed by atoms with van der Waals surface area (Å²) in [5.41, 5.74) is 9.66. The van der Waals surface area contributed by atoms with Crippen molar-refractivity contribution in [3.05, 3.63) is 11.9 Å². The number of nitrogens with one attached hydrogen (secondary N) is 2. The average molecular weight is 140 g/mol. The first-order valence-corrected chi connectivity index (χ1v) is 3.59. The van der Waals surface area contributed by atoms with Gasteiger partial charge in [0.1, 0.15) is 6.17 Å². The second-order valence-electron chi connectivity index (χ2n) is 2.68. The minimum atomic E-state index is 0.244. The molecule has 0 aromatic carbocycles. The highest BCUT2D eigenvalue weighted by Crippen LogP contribution is 2.10. The molecule has 0 aliphatic carbocycles. The van der Waals surface area contributed by atoms with Crippen LogP contribution in [0.5, 0.6) is 0 Å². The molecule has 10 heavy (non-hydrogen) atoms. The highest BCUT2D eigenvalue weighted by atomic mass is 15.6. The maximum Gasteiger partial charge on any atom is 0.120 e. The summed E-state index contributed by atoms with van der Waals surface area (Å²) in [6, 6.07) is 0. The van der Waals surface area contributed by atoms with Gasteiger partial charge in [0.05, 0.1) is 5.70 Å². The van der Waals surface area contributed by atoms with Crippen molar-refractivity contribution in [2.24, 2.45) is 5.73 Å². The molecule has 2 aliphatic rings. The largest absolute Gasteiger partial charge is 0.398 e. The molecule has 2 aliphatic heterocycles. The first kappa shape index (κ1) is 6.00. The fourth-order valence-electron chi connectivity index (χ4n) is 1.40. The minimum absolute atomic E-state index is 0.244. The topological polar surface area (TPSA) is 53.3 Å². The van der Waals surface area contributed by atoms with Gasteiger partial charge >= 0.3 is 0 Å². The van der Waals surface area contributed by atoms with Crippen molar-refractivity contribution in [1.82, 2.24) is 15.8 Å². The van der Waals surface area contributed by atoms with Gasteiger partial charge in [-0.25, -0.2) is 5.01 Å². The molecule has 0 spiro atoms. The molecule has 1 atom stereocenters. The van der Waals surface area contributed by atoms with Crippen LogP contribution < -0.4 is 16.5 Å². The van der Waals surface area contributed by atoms with Crippen molar-refractivity contribution in [3.8, 4) is 0 Å². The lowest BCUT2D eigenvalue weighted by Gasteiger charge is -2.30. The summed E-state index contributed by atoms with van der Waals surface area (Å²) in [7, 11) is 0. The quantitative estimate of drug-likeness (QED) is 0.401. The Morgan fingerprint density at radius 3 is 3.40 bits per heavy atom. The highest BCUT2D eigenvalue weighted by Gasteiger charge is 2.27. The predicted molar refractivity (Wildman–Crippen MR) is 38.5 cm³/mol. The van der Waals surface area contributed by atoms with E-state index < -0.39 is 0 Å². The van der Waals surface area contributed by atoms with Gasteiger partial charge in [0.2, 0.25) is 0 Å². The van der Waals surface area contributed by atoms with E-state index in [-0.39, 0.29) is 6.17 Å². The van der Waals surface area contributed by atoms with Crippen LogP contribution >= 0.6 is 0 Å². The van der Waals surface area contributed by atoms with Crippen LogP contribution in [-0.4, -0.2) is 24.3 Å². The van der Waals surface area contributed by atoms with Crippen molar-refractivity contribution in [2.75, 3.05) is 13.1 Å². The van der Waals surface area contributed by atoms with Gasteiger partial charge in [-0.2, -0.15) is 0 Å². The molecule has 4 N–H and O–H groups in total. The lowest BCUT2D eigenvalue weighted by molar-refractivity contribution is 0.136. The molecule has 4 heteroatoms. The average Bonchev–Trinajstić information content (AvgIpc) is 2.34. The number of hydrogen-bond acceptors (Lipinski definition) is 4. The first-order valence-electron chi connectivity index (χ1n) is 3.59. The van der Waals surface area contributed by atoms with Gasteiger partial charge in [0.15, 0.2) is 0 Å². The summed E-state index contributed by atoms with van der Waals surface area (Å²) in [5, 5.41) is 5.41.